The number of nitrogens with zero attached hydrogens (tertiary/aromatic N) is 2. The van der Waals surface area contributed by atoms with E-state index in [1.807, 2.05) is 0 Å². The predicted molar refractivity (Wildman–Crippen MR) is 132 cm³/mol. The number of benzene rings is 1. The number of hydrogen-bond acceptors (Lipinski definition) is 6. The molecule has 1 aliphatic heterocycles. The Bertz CT molecular complexity index is 1120. The summed E-state index contributed by atoms with van der Waals surface area (Å²) in [5, 5.41) is 14.6. The minimum Gasteiger partial charge on any atom is -0.480 e. The van der Waals surface area contributed by atoms with E-state index in [0.29, 0.717) is 10.9 Å². The van der Waals surface area contributed by atoms with Gasteiger partial charge in [0.25, 0.3) is 0 Å². The molecule has 1 fully saturated rings. The monoisotopic (exact) mass is 505 g/mol. The second-order valence-electron chi connectivity index (χ2n) is 10.7. The number of aliphatic carboxylic acids is 1. The van der Waals surface area contributed by atoms with E-state index in [4.69, 9.17) is 21.1 Å². The summed E-state index contributed by atoms with van der Waals surface area (Å²) in [6.07, 6.45) is 0.316. The number of aromatic nitrogens is 1. The third kappa shape index (κ3) is 6.54. The van der Waals surface area contributed by atoms with E-state index in [1.165, 1.54) is 4.90 Å². The van der Waals surface area contributed by atoms with Crippen molar-refractivity contribution in [3.63, 3.8) is 0 Å². The molecule has 3 rings (SSSR count). The number of carboxylic acid groups (broad SMARTS) is 1. The van der Waals surface area contributed by atoms with Gasteiger partial charge in [0.1, 0.15) is 23.8 Å². The van der Waals surface area contributed by atoms with E-state index in [0.717, 1.165) is 10.8 Å². The molecule has 190 valence electrons. The molecular formula is C25H32ClN3O6. The van der Waals surface area contributed by atoms with Gasteiger partial charge in [-0.25, -0.2) is 14.6 Å². The number of amides is 2. The van der Waals surface area contributed by atoms with Crippen molar-refractivity contribution >= 4 is 40.3 Å². The zero-order valence-electron chi connectivity index (χ0n) is 20.8. The summed E-state index contributed by atoms with van der Waals surface area (Å²) in [7, 11) is 0. The third-order valence-electron chi connectivity index (χ3n) is 5.57. The smallest absolute Gasteiger partial charge is 0.408 e. The van der Waals surface area contributed by atoms with Crippen LogP contribution in [-0.2, 0) is 14.3 Å². The van der Waals surface area contributed by atoms with Crippen LogP contribution in [0.4, 0.5) is 4.79 Å². The van der Waals surface area contributed by atoms with Crippen molar-refractivity contribution in [3.8, 4) is 5.88 Å². The summed E-state index contributed by atoms with van der Waals surface area (Å²) in [6.45, 7) is 10.6. The molecule has 2 N–H and O–H groups in total. The fraction of sp³-hybridized carbons (Fsp3) is 0.520. The molecule has 3 atom stereocenters. The average molecular weight is 506 g/mol. The maximum Gasteiger partial charge on any atom is 0.408 e. The minimum atomic E-state index is -1.15. The maximum atomic E-state index is 13.6. The number of likely N-dealkylation sites (tertiary alicyclic amines) is 1. The summed E-state index contributed by atoms with van der Waals surface area (Å²) in [4.78, 5) is 43.6. The fourth-order valence-electron chi connectivity index (χ4n) is 3.97. The largest absolute Gasteiger partial charge is 0.480 e. The SMILES string of the molecule is CC(C)(C)OC(=O)NC(C(=O)N1CC(Oc2nccc3cc(Cl)ccc23)CC1C(=O)O)C(C)(C)C. The van der Waals surface area contributed by atoms with Crippen LogP contribution in [0.5, 0.6) is 5.88 Å². The summed E-state index contributed by atoms with van der Waals surface area (Å²) in [5.74, 6) is -1.33. The van der Waals surface area contributed by atoms with Gasteiger partial charge in [0.2, 0.25) is 11.8 Å². The first-order valence-corrected chi connectivity index (χ1v) is 11.8. The molecule has 35 heavy (non-hydrogen) atoms. The molecule has 10 heteroatoms. The first-order chi connectivity index (χ1) is 16.2. The Morgan fingerprint density at radius 2 is 1.86 bits per heavy atom. The van der Waals surface area contributed by atoms with Crippen molar-refractivity contribution in [3.05, 3.63) is 35.5 Å². The van der Waals surface area contributed by atoms with Gasteiger partial charge in [-0.05, 0) is 55.8 Å². The molecule has 1 aromatic carbocycles. The minimum absolute atomic E-state index is 0.0318. The van der Waals surface area contributed by atoms with Gasteiger partial charge in [-0.15, -0.1) is 0 Å². The van der Waals surface area contributed by atoms with E-state index >= 15 is 0 Å². The van der Waals surface area contributed by atoms with Crippen LogP contribution in [0.15, 0.2) is 30.5 Å². The maximum absolute atomic E-state index is 13.6. The summed E-state index contributed by atoms with van der Waals surface area (Å²) in [6, 6.07) is 4.98. The standard InChI is InChI=1S/C25H32ClN3O6/c1-24(2,3)19(28-23(33)35-25(4,5)6)21(30)29-13-16(12-18(29)22(31)32)34-20-17-8-7-15(26)11-14(17)9-10-27-20/h7-11,16,18-19H,12-13H2,1-6H3,(H,28,33)(H,31,32). The number of nitrogens with one attached hydrogen (secondary N) is 1. The van der Waals surface area contributed by atoms with Gasteiger partial charge in [0, 0.05) is 23.0 Å². The van der Waals surface area contributed by atoms with E-state index in [2.05, 4.69) is 10.3 Å². The van der Waals surface area contributed by atoms with Crippen LogP contribution < -0.4 is 10.1 Å². The lowest BCUT2D eigenvalue weighted by atomic mass is 9.85. The normalized spacial score (nSPS) is 19.3. The zero-order valence-corrected chi connectivity index (χ0v) is 21.5. The molecule has 0 aliphatic carbocycles. The van der Waals surface area contributed by atoms with Crippen LogP contribution in [0.25, 0.3) is 10.8 Å². The van der Waals surface area contributed by atoms with Crippen LogP contribution in [0.2, 0.25) is 5.02 Å². The highest BCUT2D eigenvalue weighted by Gasteiger charge is 2.46. The van der Waals surface area contributed by atoms with Crippen LogP contribution >= 0.6 is 11.6 Å². The number of hydrogen-bond donors (Lipinski definition) is 2. The topological polar surface area (TPSA) is 118 Å². The Morgan fingerprint density at radius 1 is 1.17 bits per heavy atom. The van der Waals surface area contributed by atoms with Crippen LogP contribution in [-0.4, -0.2) is 63.3 Å². The fourth-order valence-corrected chi connectivity index (χ4v) is 4.15. The number of alkyl carbamates (subject to hydrolysis) is 1. The second-order valence-corrected chi connectivity index (χ2v) is 11.2. The van der Waals surface area contributed by atoms with E-state index < -0.39 is 47.2 Å². The number of fused-ring (bicyclic) bond motifs is 1. The van der Waals surface area contributed by atoms with E-state index in [1.54, 1.807) is 72.0 Å². The molecule has 1 aromatic heterocycles. The molecule has 3 unspecified atom stereocenters. The quantitative estimate of drug-likeness (QED) is 0.623. The van der Waals surface area contributed by atoms with Crippen LogP contribution in [0.1, 0.15) is 48.0 Å². The first kappa shape index (κ1) is 26.5. The predicted octanol–water partition coefficient (Wildman–Crippen LogP) is 4.26. The van der Waals surface area contributed by atoms with Gasteiger partial charge in [-0.2, -0.15) is 0 Å². The number of rotatable bonds is 5. The summed E-state index contributed by atoms with van der Waals surface area (Å²) >= 11 is 6.08. The number of carbonyl (C=O) groups is 3. The number of ether oxygens (including phenoxy) is 2. The Balaban J connectivity index is 1.83. The second kappa shape index (κ2) is 9.89. The van der Waals surface area contributed by atoms with Crippen molar-refractivity contribution in [1.82, 2.24) is 15.2 Å². The molecule has 9 nitrogen and oxygen atoms in total. The molecule has 0 radical (unpaired) electrons. The third-order valence-corrected chi connectivity index (χ3v) is 5.81. The highest BCUT2D eigenvalue weighted by Crippen LogP contribution is 2.31. The molecule has 2 heterocycles. The van der Waals surface area contributed by atoms with E-state index in [9.17, 15) is 19.5 Å². The molecule has 2 amide bonds. The van der Waals surface area contributed by atoms with Crippen molar-refractivity contribution in [2.24, 2.45) is 5.41 Å². The lowest BCUT2D eigenvalue weighted by Gasteiger charge is -2.35. The van der Waals surface area contributed by atoms with Gasteiger partial charge in [0.15, 0.2) is 0 Å². The molecule has 0 bridgehead atoms. The number of carboxylic acids is 1. The molecule has 1 aliphatic rings. The van der Waals surface area contributed by atoms with Gasteiger partial charge in [-0.3, -0.25) is 4.79 Å². The highest BCUT2D eigenvalue weighted by molar-refractivity contribution is 6.31. The van der Waals surface area contributed by atoms with Crippen molar-refractivity contribution < 1.29 is 29.0 Å². The van der Waals surface area contributed by atoms with Crippen LogP contribution in [0, 0.1) is 5.41 Å². The molecule has 0 spiro atoms. The number of pyridine rings is 1. The van der Waals surface area contributed by atoms with Crippen molar-refractivity contribution in [1.29, 1.82) is 0 Å². The van der Waals surface area contributed by atoms with Crippen molar-refractivity contribution in [2.75, 3.05) is 6.54 Å². The average Bonchev–Trinajstić information content (AvgIpc) is 3.13. The Kier molecular flexibility index (Phi) is 7.50. The Morgan fingerprint density at radius 3 is 2.46 bits per heavy atom. The molecular weight excluding hydrogens is 474 g/mol. The lowest BCUT2D eigenvalue weighted by Crippen LogP contribution is -2.57. The number of carbonyl (C=O) groups excluding carboxylic acids is 2. The molecule has 1 saturated heterocycles. The molecule has 0 saturated carbocycles. The molecule has 2 aromatic rings. The summed E-state index contributed by atoms with van der Waals surface area (Å²) < 4.78 is 11.4. The van der Waals surface area contributed by atoms with E-state index in [-0.39, 0.29) is 13.0 Å². The summed E-state index contributed by atoms with van der Waals surface area (Å²) in [5.41, 5.74) is -1.45. The van der Waals surface area contributed by atoms with Gasteiger partial charge < -0.3 is 24.8 Å². The number of halogens is 1. The van der Waals surface area contributed by atoms with Gasteiger partial charge in [0.05, 0.1) is 6.54 Å². The van der Waals surface area contributed by atoms with Gasteiger partial charge >= 0.3 is 12.1 Å². The first-order valence-electron chi connectivity index (χ1n) is 11.4. The van der Waals surface area contributed by atoms with Crippen LogP contribution in [0.3, 0.4) is 0 Å². The van der Waals surface area contributed by atoms with Gasteiger partial charge in [-0.1, -0.05) is 32.4 Å². The Labute approximate surface area is 209 Å². The van der Waals surface area contributed by atoms with Crippen molar-refractivity contribution in [2.45, 2.75) is 71.8 Å². The lowest BCUT2D eigenvalue weighted by molar-refractivity contribution is -0.150. The Hall–Kier alpha value is -3.07. The zero-order chi connectivity index (χ0) is 26.1. The highest BCUT2D eigenvalue weighted by atomic mass is 35.5.